The average Bonchev–Trinajstić information content (AvgIpc) is 2.90. The van der Waals surface area contributed by atoms with Gasteiger partial charge in [0, 0.05) is 19.3 Å². The fraction of sp³-hybridized carbons (Fsp3) is 0.778. The SMILES string of the molecule is CCCCCCCCCCCC(=O)NCC(=O)ON1C(=O)CCC1=O. The summed E-state index contributed by atoms with van der Waals surface area (Å²) in [5.41, 5.74) is 0. The van der Waals surface area contributed by atoms with E-state index in [2.05, 4.69) is 17.1 Å². The molecule has 7 nitrogen and oxygen atoms in total. The maximum Gasteiger partial charge on any atom is 0.352 e. The molecular weight excluding hydrogens is 324 g/mol. The first kappa shape index (κ1) is 21.1. The molecule has 142 valence electrons. The van der Waals surface area contributed by atoms with Crippen LogP contribution in [0.1, 0.15) is 84.0 Å². The van der Waals surface area contributed by atoms with Crippen LogP contribution in [-0.4, -0.2) is 35.3 Å². The largest absolute Gasteiger partial charge is 0.352 e. The fourth-order valence-corrected chi connectivity index (χ4v) is 2.65. The summed E-state index contributed by atoms with van der Waals surface area (Å²) in [5, 5.41) is 2.93. The smallest absolute Gasteiger partial charge is 0.345 e. The van der Waals surface area contributed by atoms with Crippen LogP contribution in [0.25, 0.3) is 0 Å². The topological polar surface area (TPSA) is 92.8 Å². The molecule has 0 aromatic rings. The normalized spacial score (nSPS) is 14.0. The molecule has 0 bridgehead atoms. The molecule has 3 amide bonds. The molecule has 1 saturated heterocycles. The predicted octanol–water partition coefficient (Wildman–Crippen LogP) is 2.63. The molecule has 1 N–H and O–H groups in total. The molecule has 1 fully saturated rings. The van der Waals surface area contributed by atoms with E-state index in [0.717, 1.165) is 19.3 Å². The van der Waals surface area contributed by atoms with Crippen molar-refractivity contribution in [2.75, 3.05) is 6.54 Å². The number of hydroxylamine groups is 2. The number of imide groups is 1. The summed E-state index contributed by atoms with van der Waals surface area (Å²) in [7, 11) is 0. The number of rotatable bonds is 13. The van der Waals surface area contributed by atoms with E-state index in [1.165, 1.54) is 38.5 Å². The number of unbranched alkanes of at least 4 members (excludes halogenated alkanes) is 8. The van der Waals surface area contributed by atoms with Gasteiger partial charge in [-0.25, -0.2) is 4.79 Å². The van der Waals surface area contributed by atoms with Crippen LogP contribution in [0.15, 0.2) is 0 Å². The lowest BCUT2D eigenvalue weighted by atomic mass is 10.1. The molecule has 1 rings (SSSR count). The summed E-state index contributed by atoms with van der Waals surface area (Å²) >= 11 is 0. The van der Waals surface area contributed by atoms with Crippen LogP contribution in [0.5, 0.6) is 0 Å². The summed E-state index contributed by atoms with van der Waals surface area (Å²) in [4.78, 5) is 50.5. The molecule has 0 unspecified atom stereocenters. The zero-order valence-electron chi connectivity index (χ0n) is 15.2. The molecular formula is C18H30N2O5. The Morgan fingerprint density at radius 1 is 0.920 bits per heavy atom. The van der Waals surface area contributed by atoms with Gasteiger partial charge in [0.05, 0.1) is 0 Å². The minimum absolute atomic E-state index is 0.0527. The zero-order chi connectivity index (χ0) is 18.5. The monoisotopic (exact) mass is 354 g/mol. The van der Waals surface area contributed by atoms with Crippen molar-refractivity contribution in [2.45, 2.75) is 84.0 Å². The summed E-state index contributed by atoms with van der Waals surface area (Å²) < 4.78 is 0. The van der Waals surface area contributed by atoms with Crippen LogP contribution in [0.3, 0.4) is 0 Å². The van der Waals surface area contributed by atoms with Crippen LogP contribution in [0.2, 0.25) is 0 Å². The van der Waals surface area contributed by atoms with Gasteiger partial charge in [-0.2, -0.15) is 0 Å². The molecule has 0 aromatic heterocycles. The first-order chi connectivity index (χ1) is 12.0. The Morgan fingerprint density at radius 3 is 2.00 bits per heavy atom. The van der Waals surface area contributed by atoms with Crippen LogP contribution < -0.4 is 5.32 Å². The minimum atomic E-state index is -0.816. The molecule has 0 atom stereocenters. The second kappa shape index (κ2) is 12.4. The Kier molecular flexibility index (Phi) is 10.5. The first-order valence-electron chi connectivity index (χ1n) is 9.38. The molecule has 0 spiro atoms. The third-order valence-corrected chi connectivity index (χ3v) is 4.14. The van der Waals surface area contributed by atoms with E-state index in [-0.39, 0.29) is 25.3 Å². The maximum absolute atomic E-state index is 11.7. The Morgan fingerprint density at radius 2 is 1.44 bits per heavy atom. The second-order valence-electron chi connectivity index (χ2n) is 6.40. The third kappa shape index (κ3) is 9.22. The Labute approximate surface area is 149 Å². The van der Waals surface area contributed by atoms with E-state index >= 15 is 0 Å². The van der Waals surface area contributed by atoms with Gasteiger partial charge in [0.25, 0.3) is 11.8 Å². The average molecular weight is 354 g/mol. The van der Waals surface area contributed by atoms with Crippen LogP contribution >= 0.6 is 0 Å². The van der Waals surface area contributed by atoms with Crippen molar-refractivity contribution >= 4 is 23.7 Å². The fourth-order valence-electron chi connectivity index (χ4n) is 2.65. The van der Waals surface area contributed by atoms with Gasteiger partial charge < -0.3 is 10.2 Å². The van der Waals surface area contributed by atoms with Crippen molar-refractivity contribution < 1.29 is 24.0 Å². The summed E-state index contributed by atoms with van der Waals surface area (Å²) in [6.07, 6.45) is 11.0. The molecule has 0 aliphatic carbocycles. The van der Waals surface area contributed by atoms with Crippen molar-refractivity contribution in [2.24, 2.45) is 0 Å². The van der Waals surface area contributed by atoms with E-state index in [1.54, 1.807) is 0 Å². The quantitative estimate of drug-likeness (QED) is 0.405. The van der Waals surface area contributed by atoms with E-state index in [1.807, 2.05) is 0 Å². The van der Waals surface area contributed by atoms with Crippen molar-refractivity contribution in [3.8, 4) is 0 Å². The second-order valence-corrected chi connectivity index (χ2v) is 6.40. The highest BCUT2D eigenvalue weighted by molar-refractivity contribution is 6.01. The molecule has 7 heteroatoms. The highest BCUT2D eigenvalue weighted by Gasteiger charge is 2.32. The first-order valence-corrected chi connectivity index (χ1v) is 9.38. The van der Waals surface area contributed by atoms with Crippen molar-refractivity contribution in [3.05, 3.63) is 0 Å². The Hall–Kier alpha value is -1.92. The van der Waals surface area contributed by atoms with Gasteiger partial charge in [0.1, 0.15) is 6.54 Å². The molecule has 0 saturated carbocycles. The zero-order valence-corrected chi connectivity index (χ0v) is 15.2. The van der Waals surface area contributed by atoms with Crippen LogP contribution in [0.4, 0.5) is 0 Å². The van der Waals surface area contributed by atoms with Gasteiger partial charge in [0.15, 0.2) is 0 Å². The summed E-state index contributed by atoms with van der Waals surface area (Å²) in [6, 6.07) is 0. The van der Waals surface area contributed by atoms with Gasteiger partial charge in [-0.15, -0.1) is 5.06 Å². The molecule has 1 aliphatic rings. The van der Waals surface area contributed by atoms with Gasteiger partial charge in [-0.1, -0.05) is 58.3 Å². The highest BCUT2D eigenvalue weighted by Crippen LogP contribution is 2.12. The molecule has 0 aromatic carbocycles. The number of amides is 3. The lowest BCUT2D eigenvalue weighted by Gasteiger charge is -2.12. The summed E-state index contributed by atoms with van der Waals surface area (Å²) in [5.74, 6) is -2.10. The molecule has 1 aliphatic heterocycles. The number of hydrogen-bond donors (Lipinski definition) is 1. The van der Waals surface area contributed by atoms with E-state index in [9.17, 15) is 19.2 Å². The lowest BCUT2D eigenvalue weighted by Crippen LogP contribution is -2.37. The van der Waals surface area contributed by atoms with Crippen molar-refractivity contribution in [1.82, 2.24) is 10.4 Å². The van der Waals surface area contributed by atoms with Crippen LogP contribution in [0, 0.1) is 0 Å². The number of nitrogens with one attached hydrogen (secondary N) is 1. The Balaban J connectivity index is 1.99. The van der Waals surface area contributed by atoms with Crippen molar-refractivity contribution in [1.29, 1.82) is 0 Å². The molecule has 25 heavy (non-hydrogen) atoms. The molecule has 0 radical (unpaired) electrons. The van der Waals surface area contributed by atoms with Gasteiger partial charge in [0.2, 0.25) is 5.91 Å². The number of nitrogens with zero attached hydrogens (tertiary/aromatic N) is 1. The summed E-state index contributed by atoms with van der Waals surface area (Å²) in [6.45, 7) is 1.86. The number of hydrogen-bond acceptors (Lipinski definition) is 5. The van der Waals surface area contributed by atoms with Gasteiger partial charge in [-0.3, -0.25) is 14.4 Å². The molecule has 1 heterocycles. The Bertz CT molecular complexity index is 448. The maximum atomic E-state index is 11.7. The van der Waals surface area contributed by atoms with Gasteiger partial charge in [-0.05, 0) is 6.42 Å². The minimum Gasteiger partial charge on any atom is -0.345 e. The van der Waals surface area contributed by atoms with Crippen molar-refractivity contribution in [3.63, 3.8) is 0 Å². The van der Waals surface area contributed by atoms with E-state index in [0.29, 0.717) is 11.5 Å². The number of carbonyl (C=O) groups is 4. The third-order valence-electron chi connectivity index (χ3n) is 4.14. The highest BCUT2D eigenvalue weighted by atomic mass is 16.7. The van der Waals surface area contributed by atoms with Crippen LogP contribution in [-0.2, 0) is 24.0 Å². The van der Waals surface area contributed by atoms with E-state index in [4.69, 9.17) is 0 Å². The predicted molar refractivity (Wildman–Crippen MR) is 92.0 cm³/mol. The van der Waals surface area contributed by atoms with E-state index < -0.39 is 17.8 Å². The lowest BCUT2D eigenvalue weighted by molar-refractivity contribution is -0.196. The number of carbonyl (C=O) groups excluding carboxylic acids is 4. The standard InChI is InChI=1S/C18H30N2O5/c1-2-3-4-5-6-7-8-9-10-11-15(21)19-14-18(24)25-20-16(22)12-13-17(20)23/h2-14H2,1H3,(H,19,21). The van der Waals surface area contributed by atoms with Gasteiger partial charge >= 0.3 is 5.97 Å².